The third kappa shape index (κ3) is 8.51. The second-order valence-corrected chi connectivity index (χ2v) is 13.0. The number of amides is 2. The summed E-state index contributed by atoms with van der Waals surface area (Å²) in [5.74, 6) is -1.17. The molecule has 44 heavy (non-hydrogen) atoms. The summed E-state index contributed by atoms with van der Waals surface area (Å²) in [6, 6.07) is 3.97. The van der Waals surface area contributed by atoms with Crippen LogP contribution < -0.4 is 15.4 Å². The Hall–Kier alpha value is -3.15. The Balaban J connectivity index is 1.29. The average molecular weight is 612 g/mol. The number of esters is 1. The molecule has 4 atom stereocenters. The maximum absolute atomic E-state index is 13.9. The van der Waals surface area contributed by atoms with Crippen LogP contribution >= 0.6 is 0 Å². The lowest BCUT2D eigenvalue weighted by Gasteiger charge is -2.27. The number of ether oxygens (including phenoxy) is 3. The standard InChI is InChI=1S/C33H45N3O8/c1-21(34-29(38)19-36-11-13-42-14-12-36)27(37)18-25(16-23-7-9-28-24(15-23)8-10-30(39)44-28)32(41)35-26(17-22-5-3-4-6-22)31(40)33(2)20-43-33/h7,9,15,21-22,25-26H,3-6,8,10-14,16-20H2,1-2H3,(H,34,38)(H,35,41). The molecule has 1 aromatic carbocycles. The number of morpholine rings is 1. The van der Waals surface area contributed by atoms with Gasteiger partial charge in [-0.15, -0.1) is 0 Å². The summed E-state index contributed by atoms with van der Waals surface area (Å²) in [6.07, 6.45) is 5.83. The Kier molecular flexibility index (Phi) is 10.5. The van der Waals surface area contributed by atoms with Gasteiger partial charge in [0, 0.05) is 25.4 Å². The van der Waals surface area contributed by atoms with Crippen molar-refractivity contribution in [1.82, 2.24) is 15.5 Å². The van der Waals surface area contributed by atoms with E-state index in [1.807, 2.05) is 11.0 Å². The molecule has 0 spiro atoms. The number of hydrogen-bond donors (Lipinski definition) is 2. The summed E-state index contributed by atoms with van der Waals surface area (Å²) in [6.45, 7) is 6.36. The number of aryl methyl sites for hydroxylation is 1. The molecule has 3 heterocycles. The van der Waals surface area contributed by atoms with Crippen LogP contribution in [0.5, 0.6) is 5.75 Å². The van der Waals surface area contributed by atoms with E-state index in [1.165, 1.54) is 0 Å². The second kappa shape index (κ2) is 14.3. The van der Waals surface area contributed by atoms with Crippen molar-refractivity contribution < 1.29 is 38.2 Å². The van der Waals surface area contributed by atoms with Crippen LogP contribution in [0.2, 0.25) is 0 Å². The SMILES string of the molecule is CC(NC(=O)CN1CCOCC1)C(=O)CC(Cc1ccc2c(c1)CCC(=O)O2)C(=O)NC(CC1CCCC1)C(=O)C1(C)CO1. The molecule has 0 aromatic heterocycles. The highest BCUT2D eigenvalue weighted by molar-refractivity contribution is 5.98. The van der Waals surface area contributed by atoms with E-state index >= 15 is 0 Å². The summed E-state index contributed by atoms with van der Waals surface area (Å²) in [5.41, 5.74) is 0.830. The molecule has 1 aromatic rings. The fraction of sp³-hybridized carbons (Fsp3) is 0.667. The highest BCUT2D eigenvalue weighted by Crippen LogP contribution is 2.34. The van der Waals surface area contributed by atoms with E-state index in [-0.39, 0.29) is 55.2 Å². The third-order valence-electron chi connectivity index (χ3n) is 9.35. The van der Waals surface area contributed by atoms with Crippen LogP contribution in [0.4, 0.5) is 0 Å². The minimum atomic E-state index is -0.878. The van der Waals surface area contributed by atoms with Crippen molar-refractivity contribution in [3.63, 3.8) is 0 Å². The molecule has 0 radical (unpaired) electrons. The van der Waals surface area contributed by atoms with Crippen LogP contribution in [-0.4, -0.2) is 91.4 Å². The molecular weight excluding hydrogens is 566 g/mol. The van der Waals surface area contributed by atoms with Gasteiger partial charge in [0.15, 0.2) is 11.6 Å². The van der Waals surface area contributed by atoms with Gasteiger partial charge in [-0.1, -0.05) is 37.8 Å². The zero-order chi connectivity index (χ0) is 31.3. The second-order valence-electron chi connectivity index (χ2n) is 13.0. The predicted molar refractivity (Wildman–Crippen MR) is 160 cm³/mol. The van der Waals surface area contributed by atoms with Crippen LogP contribution in [0.15, 0.2) is 18.2 Å². The lowest BCUT2D eigenvalue weighted by atomic mass is 9.88. The first-order valence-corrected chi connectivity index (χ1v) is 16.0. The quantitative estimate of drug-likeness (QED) is 0.183. The first-order valence-electron chi connectivity index (χ1n) is 16.0. The van der Waals surface area contributed by atoms with Gasteiger partial charge in [0.05, 0.1) is 44.9 Å². The highest BCUT2D eigenvalue weighted by atomic mass is 16.6. The zero-order valence-corrected chi connectivity index (χ0v) is 25.9. The number of epoxide rings is 1. The summed E-state index contributed by atoms with van der Waals surface area (Å²) in [5, 5.41) is 5.82. The number of nitrogens with zero attached hydrogens (tertiary/aromatic N) is 1. The topological polar surface area (TPSA) is 144 Å². The molecule has 2 saturated heterocycles. The summed E-state index contributed by atoms with van der Waals surface area (Å²) in [7, 11) is 0. The summed E-state index contributed by atoms with van der Waals surface area (Å²) >= 11 is 0. The first kappa shape index (κ1) is 32.2. The zero-order valence-electron chi connectivity index (χ0n) is 25.9. The Labute approximate surface area is 258 Å². The van der Waals surface area contributed by atoms with Gasteiger partial charge in [-0.05, 0) is 56.2 Å². The number of carbonyl (C=O) groups excluding carboxylic acids is 5. The maximum atomic E-state index is 13.9. The lowest BCUT2D eigenvalue weighted by Crippen LogP contribution is -2.50. The number of ketones is 2. The number of rotatable bonds is 14. The molecule has 240 valence electrons. The molecule has 1 aliphatic carbocycles. The van der Waals surface area contributed by atoms with Crippen molar-refractivity contribution in [3.8, 4) is 5.75 Å². The molecule has 4 unspecified atom stereocenters. The van der Waals surface area contributed by atoms with E-state index in [2.05, 4.69) is 10.6 Å². The Bertz CT molecular complexity index is 1250. The fourth-order valence-electron chi connectivity index (χ4n) is 6.48. The number of benzene rings is 1. The van der Waals surface area contributed by atoms with Crippen LogP contribution in [0.25, 0.3) is 0 Å². The molecule has 5 rings (SSSR count). The van der Waals surface area contributed by atoms with Crippen LogP contribution in [0.3, 0.4) is 0 Å². The minimum Gasteiger partial charge on any atom is -0.426 e. The fourth-order valence-corrected chi connectivity index (χ4v) is 6.48. The van der Waals surface area contributed by atoms with Crippen molar-refractivity contribution >= 4 is 29.4 Å². The normalized spacial score (nSPS) is 24.0. The maximum Gasteiger partial charge on any atom is 0.311 e. The van der Waals surface area contributed by atoms with E-state index < -0.39 is 23.6 Å². The molecule has 11 nitrogen and oxygen atoms in total. The van der Waals surface area contributed by atoms with Crippen LogP contribution in [0.1, 0.15) is 69.9 Å². The van der Waals surface area contributed by atoms with Gasteiger partial charge in [0.2, 0.25) is 11.8 Å². The predicted octanol–water partition coefficient (Wildman–Crippen LogP) is 1.92. The van der Waals surface area contributed by atoms with E-state index in [9.17, 15) is 24.0 Å². The molecule has 2 amide bonds. The lowest BCUT2D eigenvalue weighted by molar-refractivity contribution is -0.135. The molecule has 3 fully saturated rings. The van der Waals surface area contributed by atoms with E-state index in [1.54, 1.807) is 26.0 Å². The monoisotopic (exact) mass is 611 g/mol. The number of fused-ring (bicyclic) bond motifs is 1. The van der Waals surface area contributed by atoms with E-state index in [0.29, 0.717) is 57.4 Å². The van der Waals surface area contributed by atoms with Gasteiger partial charge >= 0.3 is 5.97 Å². The van der Waals surface area contributed by atoms with Gasteiger partial charge in [0.25, 0.3) is 0 Å². The molecule has 1 saturated carbocycles. The Morgan fingerprint density at radius 3 is 2.50 bits per heavy atom. The van der Waals surface area contributed by atoms with Crippen molar-refractivity contribution in [3.05, 3.63) is 29.3 Å². The van der Waals surface area contributed by atoms with Crippen molar-refractivity contribution in [2.75, 3.05) is 39.5 Å². The molecule has 11 heteroatoms. The Morgan fingerprint density at radius 2 is 1.80 bits per heavy atom. The van der Waals surface area contributed by atoms with Crippen molar-refractivity contribution in [2.24, 2.45) is 11.8 Å². The summed E-state index contributed by atoms with van der Waals surface area (Å²) < 4.78 is 16.1. The van der Waals surface area contributed by atoms with E-state index in [4.69, 9.17) is 14.2 Å². The Morgan fingerprint density at radius 1 is 1.07 bits per heavy atom. The highest BCUT2D eigenvalue weighted by Gasteiger charge is 2.50. The van der Waals surface area contributed by atoms with Crippen molar-refractivity contribution in [1.29, 1.82) is 0 Å². The summed E-state index contributed by atoms with van der Waals surface area (Å²) in [4.78, 5) is 67.2. The molecule has 2 N–H and O–H groups in total. The molecular formula is C33H45N3O8. The van der Waals surface area contributed by atoms with E-state index in [0.717, 1.165) is 36.8 Å². The largest absolute Gasteiger partial charge is 0.426 e. The molecule has 3 aliphatic heterocycles. The molecule has 4 aliphatic rings. The number of Topliss-reactive ketones (excluding diaryl/α,β-unsaturated/α-hetero) is 2. The average Bonchev–Trinajstić information content (AvgIpc) is 3.54. The number of carbonyl (C=O) groups is 5. The first-order chi connectivity index (χ1) is 21.1. The number of hydrogen-bond acceptors (Lipinski definition) is 9. The number of nitrogens with one attached hydrogen (secondary N) is 2. The third-order valence-corrected chi connectivity index (χ3v) is 9.35. The van der Waals surface area contributed by atoms with Crippen LogP contribution in [-0.2, 0) is 46.3 Å². The van der Waals surface area contributed by atoms with Gasteiger partial charge in [-0.25, -0.2) is 0 Å². The van der Waals surface area contributed by atoms with Crippen molar-refractivity contribution in [2.45, 2.75) is 89.3 Å². The minimum absolute atomic E-state index is 0.102. The van der Waals surface area contributed by atoms with Gasteiger partial charge in [0.1, 0.15) is 11.4 Å². The smallest absolute Gasteiger partial charge is 0.311 e. The van der Waals surface area contributed by atoms with Crippen LogP contribution in [0, 0.1) is 11.8 Å². The van der Waals surface area contributed by atoms with Gasteiger partial charge < -0.3 is 24.8 Å². The van der Waals surface area contributed by atoms with Gasteiger partial charge in [-0.3, -0.25) is 28.9 Å². The molecule has 0 bridgehead atoms. The van der Waals surface area contributed by atoms with Gasteiger partial charge in [-0.2, -0.15) is 0 Å².